The summed E-state index contributed by atoms with van der Waals surface area (Å²) in [5, 5.41) is 8.62. The van der Waals surface area contributed by atoms with E-state index in [1.165, 1.54) is 0 Å². The van der Waals surface area contributed by atoms with Crippen LogP contribution in [0.15, 0.2) is 12.1 Å². The normalized spacial score (nSPS) is 19.0. The van der Waals surface area contributed by atoms with Crippen molar-refractivity contribution < 1.29 is 9.47 Å². The SMILES string of the molecule is CN1CC(COc2c(Cl)cc(Cl)cc2Cl)OC1=N. The summed E-state index contributed by atoms with van der Waals surface area (Å²) in [6.07, 6.45) is -0.203. The summed E-state index contributed by atoms with van der Waals surface area (Å²) in [6, 6.07) is 3.26. The van der Waals surface area contributed by atoms with Gasteiger partial charge in [-0.2, -0.15) is 0 Å². The second kappa shape index (κ2) is 5.43. The number of amidine groups is 1. The quantitative estimate of drug-likeness (QED) is 0.932. The van der Waals surface area contributed by atoms with Crippen molar-refractivity contribution in [3.8, 4) is 5.75 Å². The maximum absolute atomic E-state index is 7.46. The molecule has 1 aliphatic rings. The monoisotopic (exact) mass is 308 g/mol. The van der Waals surface area contributed by atoms with E-state index in [1.807, 2.05) is 0 Å². The first-order valence-corrected chi connectivity index (χ1v) is 6.34. The van der Waals surface area contributed by atoms with Crippen molar-refractivity contribution in [3.05, 3.63) is 27.2 Å². The first kappa shape index (κ1) is 13.6. The van der Waals surface area contributed by atoms with Gasteiger partial charge < -0.3 is 14.4 Å². The van der Waals surface area contributed by atoms with Gasteiger partial charge in [-0.1, -0.05) is 34.8 Å². The molecule has 0 bridgehead atoms. The summed E-state index contributed by atoms with van der Waals surface area (Å²) < 4.78 is 10.8. The topological polar surface area (TPSA) is 45.6 Å². The average Bonchev–Trinajstić information content (AvgIpc) is 2.56. The Morgan fingerprint density at radius 3 is 2.50 bits per heavy atom. The highest BCUT2D eigenvalue weighted by molar-refractivity contribution is 6.40. The zero-order chi connectivity index (χ0) is 13.3. The van der Waals surface area contributed by atoms with Crippen molar-refractivity contribution in [1.29, 1.82) is 5.41 Å². The lowest BCUT2D eigenvalue weighted by atomic mass is 10.3. The van der Waals surface area contributed by atoms with Crippen LogP contribution in [0.4, 0.5) is 0 Å². The standard InChI is InChI=1S/C11H11Cl3N2O2/c1-16-4-7(18-11(16)15)5-17-10-8(13)2-6(12)3-9(10)14/h2-3,7,15H,4-5H2,1H3. The summed E-state index contributed by atoms with van der Waals surface area (Å²) in [5.41, 5.74) is 0. The number of hydrogen-bond acceptors (Lipinski definition) is 3. The van der Waals surface area contributed by atoms with Gasteiger partial charge in [0, 0.05) is 12.1 Å². The number of hydrogen-bond donors (Lipinski definition) is 1. The number of rotatable bonds is 3. The van der Waals surface area contributed by atoms with E-state index in [2.05, 4.69) is 0 Å². The lowest BCUT2D eigenvalue weighted by molar-refractivity contribution is 0.145. The number of ether oxygens (including phenoxy) is 2. The van der Waals surface area contributed by atoms with Gasteiger partial charge in [-0.05, 0) is 12.1 Å². The summed E-state index contributed by atoms with van der Waals surface area (Å²) >= 11 is 17.8. The van der Waals surface area contributed by atoms with Crippen molar-refractivity contribution in [3.63, 3.8) is 0 Å². The number of nitrogens with zero attached hydrogens (tertiary/aromatic N) is 1. The first-order chi connectivity index (χ1) is 8.47. The van der Waals surface area contributed by atoms with E-state index in [1.54, 1.807) is 24.1 Å². The van der Waals surface area contributed by atoms with E-state index in [0.717, 1.165) is 0 Å². The van der Waals surface area contributed by atoms with E-state index in [4.69, 9.17) is 49.7 Å². The minimum Gasteiger partial charge on any atom is -0.487 e. The lowest BCUT2D eigenvalue weighted by Crippen LogP contribution is -2.23. The van der Waals surface area contributed by atoms with Crippen LogP contribution in [0.5, 0.6) is 5.75 Å². The molecule has 0 spiro atoms. The third-order valence-electron chi connectivity index (χ3n) is 2.48. The molecule has 4 nitrogen and oxygen atoms in total. The van der Waals surface area contributed by atoms with Crippen LogP contribution in [0.1, 0.15) is 0 Å². The molecule has 1 N–H and O–H groups in total. The van der Waals surface area contributed by atoms with Crippen LogP contribution >= 0.6 is 34.8 Å². The summed E-state index contributed by atoms with van der Waals surface area (Å²) in [7, 11) is 1.78. The highest BCUT2D eigenvalue weighted by Gasteiger charge is 2.26. The first-order valence-electron chi connectivity index (χ1n) is 5.21. The third kappa shape index (κ3) is 2.94. The summed E-state index contributed by atoms with van der Waals surface area (Å²) in [4.78, 5) is 1.69. The number of halogens is 3. The van der Waals surface area contributed by atoms with Crippen LogP contribution in [-0.4, -0.2) is 37.2 Å². The Morgan fingerprint density at radius 2 is 2.00 bits per heavy atom. The minimum absolute atomic E-state index is 0.136. The van der Waals surface area contributed by atoms with Crippen molar-refractivity contribution >= 4 is 40.8 Å². The maximum Gasteiger partial charge on any atom is 0.284 e. The van der Waals surface area contributed by atoms with Gasteiger partial charge in [-0.15, -0.1) is 0 Å². The molecule has 1 heterocycles. The molecule has 0 saturated carbocycles. The fraction of sp³-hybridized carbons (Fsp3) is 0.364. The zero-order valence-electron chi connectivity index (χ0n) is 9.54. The van der Waals surface area contributed by atoms with Crippen LogP contribution in [0.3, 0.4) is 0 Å². The van der Waals surface area contributed by atoms with Crippen LogP contribution in [0.2, 0.25) is 15.1 Å². The molecule has 18 heavy (non-hydrogen) atoms. The fourth-order valence-electron chi connectivity index (χ4n) is 1.60. The van der Waals surface area contributed by atoms with Gasteiger partial charge in [0.1, 0.15) is 6.61 Å². The van der Waals surface area contributed by atoms with Gasteiger partial charge >= 0.3 is 0 Å². The molecular weight excluding hydrogens is 298 g/mol. The fourth-order valence-corrected chi connectivity index (χ4v) is 2.53. The van der Waals surface area contributed by atoms with Crippen LogP contribution < -0.4 is 4.74 Å². The van der Waals surface area contributed by atoms with E-state index >= 15 is 0 Å². The number of nitrogens with one attached hydrogen (secondary N) is 1. The molecular formula is C11H11Cl3N2O2. The molecule has 1 aromatic carbocycles. The molecule has 0 amide bonds. The summed E-state index contributed by atoms with van der Waals surface area (Å²) in [5.74, 6) is 0.382. The smallest absolute Gasteiger partial charge is 0.284 e. The third-order valence-corrected chi connectivity index (χ3v) is 3.26. The average molecular weight is 310 g/mol. The van der Waals surface area contributed by atoms with E-state index < -0.39 is 0 Å². The molecule has 1 aromatic rings. The number of likely N-dealkylation sites (N-methyl/N-ethyl adjacent to an activating group) is 1. The molecule has 1 aliphatic heterocycles. The largest absolute Gasteiger partial charge is 0.487 e. The predicted molar refractivity (Wildman–Crippen MR) is 72.2 cm³/mol. The van der Waals surface area contributed by atoms with Crippen molar-refractivity contribution in [2.24, 2.45) is 0 Å². The highest BCUT2D eigenvalue weighted by Crippen LogP contribution is 2.36. The van der Waals surface area contributed by atoms with Gasteiger partial charge in [-0.25, -0.2) is 0 Å². The molecule has 1 unspecified atom stereocenters. The minimum atomic E-state index is -0.203. The van der Waals surface area contributed by atoms with Gasteiger partial charge in [0.15, 0.2) is 11.9 Å². The molecule has 2 rings (SSSR count). The summed E-state index contributed by atoms with van der Waals surface area (Å²) in [6.45, 7) is 0.870. The van der Waals surface area contributed by atoms with Crippen LogP contribution in [-0.2, 0) is 4.74 Å². The molecule has 1 saturated heterocycles. The predicted octanol–water partition coefficient (Wildman–Crippen LogP) is 3.29. The number of benzene rings is 1. The molecule has 1 fully saturated rings. The zero-order valence-corrected chi connectivity index (χ0v) is 11.8. The second-order valence-electron chi connectivity index (χ2n) is 3.94. The Hall–Kier alpha value is -0.840. The Balaban J connectivity index is 2.01. The van der Waals surface area contributed by atoms with Gasteiger partial charge in [-0.3, -0.25) is 5.41 Å². The Bertz CT molecular complexity index is 458. The molecule has 1 atom stereocenters. The van der Waals surface area contributed by atoms with E-state index in [-0.39, 0.29) is 18.7 Å². The molecule has 98 valence electrons. The van der Waals surface area contributed by atoms with E-state index in [0.29, 0.717) is 27.4 Å². The molecule has 0 aliphatic carbocycles. The molecule has 0 radical (unpaired) electrons. The Labute approximate surface area is 120 Å². The Morgan fingerprint density at radius 1 is 1.39 bits per heavy atom. The lowest BCUT2D eigenvalue weighted by Gasteiger charge is -2.13. The molecule has 7 heteroatoms. The Kier molecular flexibility index (Phi) is 4.10. The van der Waals surface area contributed by atoms with Gasteiger partial charge in [0.05, 0.1) is 16.6 Å². The van der Waals surface area contributed by atoms with Crippen LogP contribution in [0, 0.1) is 5.41 Å². The van der Waals surface area contributed by atoms with Crippen molar-refractivity contribution in [2.75, 3.05) is 20.2 Å². The van der Waals surface area contributed by atoms with Crippen LogP contribution in [0.25, 0.3) is 0 Å². The van der Waals surface area contributed by atoms with Gasteiger partial charge in [0.2, 0.25) is 0 Å². The van der Waals surface area contributed by atoms with E-state index in [9.17, 15) is 0 Å². The van der Waals surface area contributed by atoms with Crippen molar-refractivity contribution in [2.45, 2.75) is 6.10 Å². The van der Waals surface area contributed by atoms with Crippen molar-refractivity contribution in [1.82, 2.24) is 4.90 Å². The van der Waals surface area contributed by atoms with Gasteiger partial charge in [0.25, 0.3) is 6.02 Å². The second-order valence-corrected chi connectivity index (χ2v) is 5.19. The maximum atomic E-state index is 7.46. The highest BCUT2D eigenvalue weighted by atomic mass is 35.5. The molecule has 0 aromatic heterocycles.